The molecule has 0 aliphatic heterocycles. The molecule has 0 radical (unpaired) electrons. The number of fused-ring (bicyclic) bond motifs is 1. The molecule has 2 N–H and O–H groups in total. The van der Waals surface area contributed by atoms with Crippen LogP contribution < -0.4 is 14.8 Å². The summed E-state index contributed by atoms with van der Waals surface area (Å²) in [5.41, 5.74) is 4.57. The molecule has 3 aromatic carbocycles. The van der Waals surface area contributed by atoms with Crippen LogP contribution in [0.15, 0.2) is 60.7 Å². The molecule has 0 saturated carbocycles. The number of nitrogens with zero attached hydrogens (tertiary/aromatic N) is 3. The predicted octanol–water partition coefficient (Wildman–Crippen LogP) is 3.29. The smallest absolute Gasteiger partial charge is 0.262 e. The van der Waals surface area contributed by atoms with Crippen LogP contribution in [0, 0.1) is 6.92 Å². The summed E-state index contributed by atoms with van der Waals surface area (Å²) in [6.07, 6.45) is 0.488. The quantitative estimate of drug-likeness (QED) is 0.443. The van der Waals surface area contributed by atoms with E-state index < -0.39 is 0 Å². The lowest BCUT2D eigenvalue weighted by atomic mass is 10.1. The Bertz CT molecular complexity index is 1220. The Morgan fingerprint density at radius 1 is 1.03 bits per heavy atom. The van der Waals surface area contributed by atoms with Crippen LogP contribution in [0.25, 0.3) is 16.7 Å². The first-order valence-electron chi connectivity index (χ1n) is 10.2. The number of aromatic nitrogens is 3. The minimum atomic E-state index is -0.321. The van der Waals surface area contributed by atoms with Crippen LogP contribution in [-0.2, 0) is 11.2 Å². The summed E-state index contributed by atoms with van der Waals surface area (Å²) in [5, 5.41) is 21.2. The Labute approximate surface area is 185 Å². The van der Waals surface area contributed by atoms with Crippen molar-refractivity contribution in [2.24, 2.45) is 0 Å². The van der Waals surface area contributed by atoms with Gasteiger partial charge in [0.05, 0.1) is 12.8 Å². The number of benzene rings is 3. The second-order valence-corrected chi connectivity index (χ2v) is 7.29. The van der Waals surface area contributed by atoms with Gasteiger partial charge in [-0.15, -0.1) is 15.0 Å². The van der Waals surface area contributed by atoms with E-state index in [2.05, 4.69) is 15.5 Å². The van der Waals surface area contributed by atoms with Gasteiger partial charge in [-0.1, -0.05) is 24.3 Å². The zero-order chi connectivity index (χ0) is 22.5. The number of amides is 1. The largest absolute Gasteiger partial charge is 0.495 e. The number of anilines is 1. The molecule has 0 saturated heterocycles. The average Bonchev–Trinajstić information content (AvgIpc) is 3.23. The number of aliphatic hydroxyl groups excluding tert-OH is 1. The van der Waals surface area contributed by atoms with Crippen molar-refractivity contribution < 1.29 is 19.4 Å². The van der Waals surface area contributed by atoms with Crippen LogP contribution >= 0.6 is 0 Å². The number of aliphatic hydroxyl groups is 1. The van der Waals surface area contributed by atoms with Gasteiger partial charge in [-0.05, 0) is 60.9 Å². The fourth-order valence-corrected chi connectivity index (χ4v) is 3.34. The summed E-state index contributed by atoms with van der Waals surface area (Å²) in [6, 6.07) is 18.5. The molecule has 0 aliphatic rings. The highest BCUT2D eigenvalue weighted by atomic mass is 16.5. The van der Waals surface area contributed by atoms with Crippen molar-refractivity contribution in [1.29, 1.82) is 0 Å². The summed E-state index contributed by atoms with van der Waals surface area (Å²) < 4.78 is 11.2. The van der Waals surface area contributed by atoms with E-state index in [1.807, 2.05) is 55.5 Å². The first kappa shape index (κ1) is 21.3. The Morgan fingerprint density at radius 3 is 2.44 bits per heavy atom. The van der Waals surface area contributed by atoms with Gasteiger partial charge in [0.1, 0.15) is 28.2 Å². The summed E-state index contributed by atoms with van der Waals surface area (Å²) in [5.74, 6) is 0.710. The van der Waals surface area contributed by atoms with E-state index in [1.165, 1.54) is 4.80 Å². The topological polar surface area (TPSA) is 98.5 Å². The molecule has 8 nitrogen and oxygen atoms in total. The molecule has 8 heteroatoms. The molecule has 1 heterocycles. The summed E-state index contributed by atoms with van der Waals surface area (Å²) in [4.78, 5) is 14.0. The summed E-state index contributed by atoms with van der Waals surface area (Å²) in [7, 11) is 1.55. The average molecular weight is 432 g/mol. The summed E-state index contributed by atoms with van der Waals surface area (Å²) >= 11 is 0. The first-order valence-corrected chi connectivity index (χ1v) is 10.2. The highest BCUT2D eigenvalue weighted by molar-refractivity contribution is 5.93. The molecule has 164 valence electrons. The number of methoxy groups -OCH3 is 1. The number of hydrogen-bond acceptors (Lipinski definition) is 6. The number of rotatable bonds is 8. The molecule has 0 fully saturated rings. The summed E-state index contributed by atoms with van der Waals surface area (Å²) in [6.45, 7) is 1.76. The zero-order valence-electron chi connectivity index (χ0n) is 17.9. The Morgan fingerprint density at radius 2 is 1.75 bits per heavy atom. The number of carbonyl (C=O) groups is 1. The first-order chi connectivity index (χ1) is 15.6. The molecule has 0 unspecified atom stereocenters. The van der Waals surface area contributed by atoms with Crippen LogP contribution in [0.3, 0.4) is 0 Å². The molecule has 0 aliphatic carbocycles. The van der Waals surface area contributed by atoms with Crippen molar-refractivity contribution in [1.82, 2.24) is 15.0 Å². The normalized spacial score (nSPS) is 10.8. The molecular weight excluding hydrogens is 408 g/mol. The highest BCUT2D eigenvalue weighted by Crippen LogP contribution is 2.27. The SMILES string of the molecule is COc1ccc(C)cc1NC(=O)COc1ccc(CCO)cc1-n1nc2ccccc2n1. The molecule has 1 aromatic heterocycles. The maximum Gasteiger partial charge on any atom is 0.262 e. The molecular formula is C24H24N4O4. The Balaban J connectivity index is 1.57. The van der Waals surface area contributed by atoms with Crippen molar-refractivity contribution >= 4 is 22.6 Å². The fraction of sp³-hybridized carbons (Fsp3) is 0.208. The standard InChI is InChI=1S/C24H24N4O4/c1-16-7-9-22(31-2)20(13-16)25-24(30)15-32-23-10-8-17(11-12-29)14-21(23)28-26-18-5-3-4-6-19(18)27-28/h3-10,13-14,29H,11-12,15H2,1-2H3,(H,25,30). The Kier molecular flexibility index (Phi) is 6.32. The molecule has 4 aromatic rings. The maximum absolute atomic E-state index is 12.6. The minimum Gasteiger partial charge on any atom is -0.495 e. The van der Waals surface area contributed by atoms with E-state index in [-0.39, 0.29) is 19.1 Å². The zero-order valence-corrected chi connectivity index (χ0v) is 17.9. The number of hydrogen-bond donors (Lipinski definition) is 2. The third kappa shape index (κ3) is 4.70. The molecule has 32 heavy (non-hydrogen) atoms. The van der Waals surface area contributed by atoms with E-state index in [4.69, 9.17) is 9.47 Å². The van der Waals surface area contributed by atoms with Gasteiger partial charge in [-0.2, -0.15) is 0 Å². The van der Waals surface area contributed by atoms with Crippen LogP contribution in [-0.4, -0.2) is 46.3 Å². The van der Waals surface area contributed by atoms with Crippen molar-refractivity contribution in [3.63, 3.8) is 0 Å². The molecule has 1 amide bonds. The molecule has 0 atom stereocenters. The predicted molar refractivity (Wildman–Crippen MR) is 122 cm³/mol. The lowest BCUT2D eigenvalue weighted by molar-refractivity contribution is -0.118. The van der Waals surface area contributed by atoms with Gasteiger partial charge in [-0.3, -0.25) is 4.79 Å². The van der Waals surface area contributed by atoms with Gasteiger partial charge >= 0.3 is 0 Å². The van der Waals surface area contributed by atoms with Crippen LogP contribution in [0.5, 0.6) is 11.5 Å². The second-order valence-electron chi connectivity index (χ2n) is 7.29. The number of aryl methyl sites for hydroxylation is 1. The van der Waals surface area contributed by atoms with Crippen molar-refractivity contribution in [3.05, 3.63) is 71.8 Å². The van der Waals surface area contributed by atoms with Crippen LogP contribution in [0.4, 0.5) is 5.69 Å². The molecule has 0 bridgehead atoms. The maximum atomic E-state index is 12.6. The number of nitrogens with one attached hydrogen (secondary N) is 1. The van der Waals surface area contributed by atoms with E-state index >= 15 is 0 Å². The number of carbonyl (C=O) groups excluding carboxylic acids is 1. The minimum absolute atomic E-state index is 0.0227. The van der Waals surface area contributed by atoms with E-state index in [9.17, 15) is 9.90 Å². The monoisotopic (exact) mass is 432 g/mol. The van der Waals surface area contributed by atoms with Crippen molar-refractivity contribution in [3.8, 4) is 17.2 Å². The van der Waals surface area contributed by atoms with Gasteiger partial charge < -0.3 is 19.9 Å². The van der Waals surface area contributed by atoms with E-state index in [0.29, 0.717) is 29.3 Å². The van der Waals surface area contributed by atoms with Gasteiger partial charge in [0.25, 0.3) is 5.91 Å². The van der Waals surface area contributed by atoms with Crippen LogP contribution in [0.2, 0.25) is 0 Å². The molecule has 0 spiro atoms. The van der Waals surface area contributed by atoms with Crippen molar-refractivity contribution in [2.45, 2.75) is 13.3 Å². The Hall–Kier alpha value is -3.91. The fourth-order valence-electron chi connectivity index (χ4n) is 3.34. The van der Waals surface area contributed by atoms with Crippen LogP contribution in [0.1, 0.15) is 11.1 Å². The highest BCUT2D eigenvalue weighted by Gasteiger charge is 2.14. The van der Waals surface area contributed by atoms with Gasteiger partial charge in [0.15, 0.2) is 6.61 Å². The van der Waals surface area contributed by atoms with Crippen molar-refractivity contribution in [2.75, 3.05) is 25.6 Å². The van der Waals surface area contributed by atoms with Gasteiger partial charge in [0, 0.05) is 6.61 Å². The second kappa shape index (κ2) is 9.49. The van der Waals surface area contributed by atoms with Gasteiger partial charge in [0.2, 0.25) is 0 Å². The molecule has 4 rings (SSSR count). The van der Waals surface area contributed by atoms with Gasteiger partial charge in [-0.25, -0.2) is 0 Å². The number of ether oxygens (including phenoxy) is 2. The lowest BCUT2D eigenvalue weighted by Gasteiger charge is -2.14. The lowest BCUT2D eigenvalue weighted by Crippen LogP contribution is -2.21. The van der Waals surface area contributed by atoms with E-state index in [0.717, 1.165) is 22.2 Å². The third-order valence-electron chi connectivity index (χ3n) is 4.91. The van der Waals surface area contributed by atoms with E-state index in [1.54, 1.807) is 19.2 Å². The third-order valence-corrected chi connectivity index (χ3v) is 4.91.